The number of anilines is 1. The highest BCUT2D eigenvalue weighted by Crippen LogP contribution is 2.29. The number of fused-ring (bicyclic) bond motifs is 1. The molecule has 25 heavy (non-hydrogen) atoms. The Morgan fingerprint density at radius 3 is 2.52 bits per heavy atom. The third-order valence-corrected chi connectivity index (χ3v) is 6.12. The third kappa shape index (κ3) is 3.60. The quantitative estimate of drug-likeness (QED) is 0.893. The van der Waals surface area contributed by atoms with E-state index < -0.39 is 10.0 Å². The molecule has 1 aliphatic heterocycles. The number of benzene rings is 2. The van der Waals surface area contributed by atoms with Gasteiger partial charge < -0.3 is 4.90 Å². The van der Waals surface area contributed by atoms with Gasteiger partial charge in [-0.25, -0.2) is 13.1 Å². The lowest BCUT2D eigenvalue weighted by Crippen LogP contribution is -2.32. The number of nitrogens with one attached hydrogen (secondary N) is 1. The molecule has 2 aromatic rings. The molecule has 1 aliphatic rings. The van der Waals surface area contributed by atoms with Crippen molar-refractivity contribution in [3.05, 3.63) is 59.7 Å². The Bertz CT molecular complexity index is 876. The maximum atomic E-state index is 12.8. The van der Waals surface area contributed by atoms with Crippen LogP contribution < -0.4 is 9.62 Å². The number of hydrogen-bond acceptors (Lipinski definition) is 3. The number of nitrogens with zero attached hydrogens (tertiary/aromatic N) is 1. The molecule has 1 atom stereocenters. The predicted octanol–water partition coefficient (Wildman–Crippen LogP) is 2.97. The monoisotopic (exact) mass is 358 g/mol. The van der Waals surface area contributed by atoms with E-state index in [1.165, 1.54) is 12.1 Å². The second-order valence-corrected chi connectivity index (χ2v) is 8.00. The van der Waals surface area contributed by atoms with Crippen LogP contribution in [0.1, 0.15) is 36.2 Å². The third-order valence-electron chi connectivity index (χ3n) is 4.51. The van der Waals surface area contributed by atoms with E-state index in [9.17, 15) is 13.2 Å². The molecule has 0 saturated heterocycles. The Morgan fingerprint density at radius 1 is 1.16 bits per heavy atom. The van der Waals surface area contributed by atoms with Crippen molar-refractivity contribution in [1.29, 1.82) is 0 Å². The first-order valence-electron chi connectivity index (χ1n) is 8.44. The smallest absolute Gasteiger partial charge is 0.258 e. The van der Waals surface area contributed by atoms with E-state index in [1.54, 1.807) is 17.0 Å². The van der Waals surface area contributed by atoms with Crippen LogP contribution in [0.15, 0.2) is 53.4 Å². The second kappa shape index (κ2) is 6.98. The average Bonchev–Trinajstić information content (AvgIpc) is 3.05. The van der Waals surface area contributed by atoms with Gasteiger partial charge in [0.15, 0.2) is 0 Å². The van der Waals surface area contributed by atoms with Crippen LogP contribution in [-0.4, -0.2) is 26.9 Å². The molecule has 6 heteroatoms. The summed E-state index contributed by atoms with van der Waals surface area (Å²) in [6.07, 6.45) is 1.55. The first kappa shape index (κ1) is 17.6. The van der Waals surface area contributed by atoms with Gasteiger partial charge in [-0.1, -0.05) is 25.1 Å². The predicted molar refractivity (Wildman–Crippen MR) is 98.3 cm³/mol. The Hall–Kier alpha value is -2.18. The highest BCUT2D eigenvalue weighted by molar-refractivity contribution is 7.89. The van der Waals surface area contributed by atoms with E-state index in [0.717, 1.165) is 17.7 Å². The summed E-state index contributed by atoms with van der Waals surface area (Å²) in [5.41, 5.74) is 2.58. The van der Waals surface area contributed by atoms with Gasteiger partial charge in [0.25, 0.3) is 5.91 Å². The van der Waals surface area contributed by atoms with Gasteiger partial charge >= 0.3 is 0 Å². The molecule has 5 nitrogen and oxygen atoms in total. The van der Waals surface area contributed by atoms with Crippen molar-refractivity contribution in [1.82, 2.24) is 4.72 Å². The molecule has 0 saturated carbocycles. The zero-order valence-corrected chi connectivity index (χ0v) is 15.2. The highest BCUT2D eigenvalue weighted by Gasteiger charge is 2.25. The lowest BCUT2D eigenvalue weighted by atomic mass is 10.1. The van der Waals surface area contributed by atoms with E-state index in [-0.39, 0.29) is 16.8 Å². The fourth-order valence-electron chi connectivity index (χ4n) is 2.90. The highest BCUT2D eigenvalue weighted by atomic mass is 32.2. The van der Waals surface area contributed by atoms with Crippen LogP contribution in [0.25, 0.3) is 0 Å². The lowest BCUT2D eigenvalue weighted by Gasteiger charge is -2.17. The molecule has 0 aromatic heterocycles. The zero-order chi connectivity index (χ0) is 18.0. The van der Waals surface area contributed by atoms with Gasteiger partial charge in [0.05, 0.1) is 4.90 Å². The number of amides is 1. The van der Waals surface area contributed by atoms with Crippen LogP contribution in [0.3, 0.4) is 0 Å². The molecule has 1 amide bonds. The summed E-state index contributed by atoms with van der Waals surface area (Å²) >= 11 is 0. The van der Waals surface area contributed by atoms with Gasteiger partial charge in [-0.15, -0.1) is 0 Å². The van der Waals surface area contributed by atoms with Crippen LogP contribution in [0.5, 0.6) is 0 Å². The second-order valence-electron chi connectivity index (χ2n) is 6.29. The minimum absolute atomic E-state index is 0.108. The minimum atomic E-state index is -3.56. The minimum Gasteiger partial charge on any atom is -0.308 e. The van der Waals surface area contributed by atoms with Gasteiger partial charge in [-0.3, -0.25) is 4.79 Å². The fourth-order valence-corrected chi connectivity index (χ4v) is 4.22. The standard InChI is InChI=1S/C19H22N2O3S/c1-3-14(2)20-25(23,24)17-10-8-16(9-11-17)19(22)21-13-12-15-6-4-5-7-18(15)21/h4-11,14,20H,3,12-13H2,1-2H3. The summed E-state index contributed by atoms with van der Waals surface area (Å²) in [6, 6.07) is 13.8. The van der Waals surface area contributed by atoms with Crippen molar-refractivity contribution in [3.8, 4) is 0 Å². The van der Waals surface area contributed by atoms with Crippen LogP contribution in [0.4, 0.5) is 5.69 Å². The largest absolute Gasteiger partial charge is 0.308 e. The molecule has 1 N–H and O–H groups in total. The van der Waals surface area contributed by atoms with Crippen molar-refractivity contribution in [2.75, 3.05) is 11.4 Å². The van der Waals surface area contributed by atoms with Crippen LogP contribution in [0, 0.1) is 0 Å². The number of carbonyl (C=O) groups is 1. The Kier molecular flexibility index (Phi) is 4.92. The Balaban J connectivity index is 1.80. The van der Waals surface area contributed by atoms with Crippen molar-refractivity contribution < 1.29 is 13.2 Å². The maximum absolute atomic E-state index is 12.8. The maximum Gasteiger partial charge on any atom is 0.258 e. The summed E-state index contributed by atoms with van der Waals surface area (Å²) in [4.78, 5) is 14.7. The lowest BCUT2D eigenvalue weighted by molar-refractivity contribution is 0.0989. The van der Waals surface area contributed by atoms with Crippen molar-refractivity contribution >= 4 is 21.6 Å². The zero-order valence-electron chi connectivity index (χ0n) is 14.4. The summed E-state index contributed by atoms with van der Waals surface area (Å²) in [5, 5.41) is 0. The van der Waals surface area contributed by atoms with Gasteiger partial charge in [0.2, 0.25) is 10.0 Å². The van der Waals surface area contributed by atoms with Gasteiger partial charge in [-0.05, 0) is 55.7 Å². The number of rotatable bonds is 5. The normalized spacial score (nSPS) is 15.0. The van der Waals surface area contributed by atoms with E-state index in [0.29, 0.717) is 18.5 Å². The molecule has 1 unspecified atom stereocenters. The molecular weight excluding hydrogens is 336 g/mol. The van der Waals surface area contributed by atoms with E-state index in [2.05, 4.69) is 4.72 Å². The number of carbonyl (C=O) groups excluding carboxylic acids is 1. The summed E-state index contributed by atoms with van der Waals surface area (Å²) in [7, 11) is -3.56. The summed E-state index contributed by atoms with van der Waals surface area (Å²) in [6.45, 7) is 4.39. The van der Waals surface area contributed by atoms with Crippen LogP contribution in [0.2, 0.25) is 0 Å². The Labute approximate surface area is 148 Å². The van der Waals surface area contributed by atoms with Crippen LogP contribution in [-0.2, 0) is 16.4 Å². The summed E-state index contributed by atoms with van der Waals surface area (Å²) < 4.78 is 27.2. The van der Waals surface area contributed by atoms with Gasteiger partial charge in [-0.2, -0.15) is 0 Å². The fraction of sp³-hybridized carbons (Fsp3) is 0.316. The summed E-state index contributed by atoms with van der Waals surface area (Å²) in [5.74, 6) is -0.108. The van der Waals surface area contributed by atoms with Gasteiger partial charge in [0, 0.05) is 23.8 Å². The first-order chi connectivity index (χ1) is 11.9. The SMILES string of the molecule is CCC(C)NS(=O)(=O)c1ccc(C(=O)N2CCc3ccccc32)cc1. The Morgan fingerprint density at radius 2 is 1.84 bits per heavy atom. The van der Waals surface area contributed by atoms with E-state index >= 15 is 0 Å². The molecular formula is C19H22N2O3S. The first-order valence-corrected chi connectivity index (χ1v) is 9.93. The molecule has 0 fully saturated rings. The number of sulfonamides is 1. The molecule has 0 bridgehead atoms. The van der Waals surface area contributed by atoms with Gasteiger partial charge in [0.1, 0.15) is 0 Å². The van der Waals surface area contributed by atoms with Crippen LogP contribution >= 0.6 is 0 Å². The molecule has 132 valence electrons. The van der Waals surface area contributed by atoms with E-state index in [4.69, 9.17) is 0 Å². The van der Waals surface area contributed by atoms with E-state index in [1.807, 2.05) is 38.1 Å². The topological polar surface area (TPSA) is 66.5 Å². The molecule has 0 spiro atoms. The average molecular weight is 358 g/mol. The molecule has 0 radical (unpaired) electrons. The number of para-hydroxylation sites is 1. The van der Waals surface area contributed by atoms with Crippen molar-refractivity contribution in [2.24, 2.45) is 0 Å². The van der Waals surface area contributed by atoms with Crippen molar-refractivity contribution in [2.45, 2.75) is 37.6 Å². The molecule has 2 aromatic carbocycles. The molecule has 3 rings (SSSR count). The molecule has 1 heterocycles. The van der Waals surface area contributed by atoms with Crippen molar-refractivity contribution in [3.63, 3.8) is 0 Å². The number of hydrogen-bond donors (Lipinski definition) is 1. The molecule has 0 aliphatic carbocycles.